The van der Waals surface area contributed by atoms with Crippen LogP contribution in [0.3, 0.4) is 0 Å². The van der Waals surface area contributed by atoms with Crippen molar-refractivity contribution in [2.75, 3.05) is 7.11 Å². The smallest absolute Gasteiger partial charge is 0.418 e. The Morgan fingerprint density at radius 1 is 1.38 bits per heavy atom. The van der Waals surface area contributed by atoms with Crippen molar-refractivity contribution in [2.45, 2.75) is 6.18 Å². The molecular formula is C10H7BrF3NO. The van der Waals surface area contributed by atoms with Crippen LogP contribution in [0.15, 0.2) is 22.8 Å². The van der Waals surface area contributed by atoms with Gasteiger partial charge in [-0.1, -0.05) is 0 Å². The predicted octanol–water partition coefficient (Wildman–Crippen LogP) is 3.96. The Hall–Kier alpha value is -1.17. The number of alkyl halides is 3. The molecule has 0 atom stereocenters. The molecule has 1 heterocycles. The van der Waals surface area contributed by atoms with Gasteiger partial charge in [0.15, 0.2) is 0 Å². The Balaban J connectivity index is 2.83. The van der Waals surface area contributed by atoms with Crippen LogP contribution in [-0.4, -0.2) is 12.1 Å². The van der Waals surface area contributed by atoms with Crippen LogP contribution in [0.4, 0.5) is 13.2 Å². The third-order valence-electron chi connectivity index (χ3n) is 2.27. The Morgan fingerprint density at radius 3 is 2.62 bits per heavy atom. The molecule has 6 heteroatoms. The minimum atomic E-state index is -4.41. The Kier molecular flexibility index (Phi) is 2.61. The molecule has 1 N–H and O–H groups in total. The van der Waals surface area contributed by atoms with Crippen LogP contribution < -0.4 is 4.74 Å². The number of fused-ring (bicyclic) bond motifs is 1. The maximum Gasteiger partial charge on any atom is 0.418 e. The minimum Gasteiger partial charge on any atom is -0.496 e. The summed E-state index contributed by atoms with van der Waals surface area (Å²) in [6, 6.07) is 2.54. The summed E-state index contributed by atoms with van der Waals surface area (Å²) >= 11 is 3.21. The monoisotopic (exact) mass is 293 g/mol. The molecule has 0 aliphatic carbocycles. The van der Waals surface area contributed by atoms with Crippen LogP contribution in [0, 0.1) is 0 Å². The topological polar surface area (TPSA) is 25.0 Å². The largest absolute Gasteiger partial charge is 0.496 e. The molecule has 1 aromatic heterocycles. The van der Waals surface area contributed by atoms with Crippen LogP contribution >= 0.6 is 15.9 Å². The fourth-order valence-electron chi connectivity index (χ4n) is 1.55. The lowest BCUT2D eigenvalue weighted by Crippen LogP contribution is -2.06. The van der Waals surface area contributed by atoms with Crippen LogP contribution in [0.1, 0.15) is 5.56 Å². The highest BCUT2D eigenvalue weighted by Gasteiger charge is 2.34. The zero-order valence-electron chi connectivity index (χ0n) is 8.15. The van der Waals surface area contributed by atoms with Crippen molar-refractivity contribution in [3.8, 4) is 5.75 Å². The van der Waals surface area contributed by atoms with Crippen LogP contribution in [0.25, 0.3) is 10.9 Å². The second kappa shape index (κ2) is 3.69. The lowest BCUT2D eigenvalue weighted by Gasteiger charge is -2.12. The van der Waals surface area contributed by atoms with E-state index in [-0.39, 0.29) is 11.3 Å². The first kappa shape index (κ1) is 11.3. The fourth-order valence-corrected chi connectivity index (χ4v) is 2.15. The first-order chi connectivity index (χ1) is 7.45. The summed E-state index contributed by atoms with van der Waals surface area (Å²) in [5, 5.41) is 0.451. The second-order valence-electron chi connectivity index (χ2n) is 3.20. The average Bonchev–Trinajstić information content (AvgIpc) is 2.65. The van der Waals surface area contributed by atoms with Crippen molar-refractivity contribution in [3.05, 3.63) is 28.4 Å². The zero-order valence-corrected chi connectivity index (χ0v) is 9.74. The molecule has 0 amide bonds. The maximum absolute atomic E-state index is 12.8. The molecule has 0 fully saturated rings. The Labute approximate surface area is 97.5 Å². The minimum absolute atomic E-state index is 0.0557. The molecule has 0 unspecified atom stereocenters. The predicted molar refractivity (Wildman–Crippen MR) is 57.6 cm³/mol. The van der Waals surface area contributed by atoms with Crippen LogP contribution in [0.5, 0.6) is 5.75 Å². The van der Waals surface area contributed by atoms with E-state index in [0.29, 0.717) is 9.86 Å². The highest BCUT2D eigenvalue weighted by atomic mass is 79.9. The first-order valence-electron chi connectivity index (χ1n) is 4.36. The van der Waals surface area contributed by atoms with Gasteiger partial charge in [0.2, 0.25) is 0 Å². The van der Waals surface area contributed by atoms with E-state index in [1.165, 1.54) is 13.3 Å². The van der Waals surface area contributed by atoms with E-state index in [1.54, 1.807) is 6.07 Å². The number of halogens is 4. The number of nitrogens with one attached hydrogen (secondary N) is 1. The number of hydrogen-bond donors (Lipinski definition) is 1. The molecule has 0 radical (unpaired) electrons. The van der Waals surface area contributed by atoms with Crippen molar-refractivity contribution in [1.29, 1.82) is 0 Å². The number of aromatic nitrogens is 1. The van der Waals surface area contributed by atoms with E-state index in [0.717, 1.165) is 6.07 Å². The van der Waals surface area contributed by atoms with Crippen LogP contribution in [-0.2, 0) is 6.18 Å². The average molecular weight is 294 g/mol. The zero-order chi connectivity index (χ0) is 11.9. The number of methoxy groups -OCH3 is 1. The third-order valence-corrected chi connectivity index (χ3v) is 3.09. The van der Waals surface area contributed by atoms with Crippen molar-refractivity contribution in [1.82, 2.24) is 4.98 Å². The third kappa shape index (κ3) is 1.67. The normalized spacial score (nSPS) is 12.1. The molecule has 16 heavy (non-hydrogen) atoms. The first-order valence-corrected chi connectivity index (χ1v) is 5.15. The van der Waals surface area contributed by atoms with Gasteiger partial charge >= 0.3 is 6.18 Å². The summed E-state index contributed by atoms with van der Waals surface area (Å²) in [5.41, 5.74) is -0.673. The van der Waals surface area contributed by atoms with Gasteiger partial charge < -0.3 is 9.72 Å². The standard InChI is InChI=1S/C10H7BrF3NO/c1-16-7-4-6(10(12,13)14)9-5(8(7)11)2-3-15-9/h2-4,15H,1H3. The molecule has 2 rings (SSSR count). The van der Waals surface area contributed by atoms with Crippen molar-refractivity contribution >= 4 is 26.8 Å². The van der Waals surface area contributed by atoms with E-state index >= 15 is 0 Å². The summed E-state index contributed by atoms with van der Waals surface area (Å²) in [7, 11) is 1.33. The van der Waals surface area contributed by atoms with Gasteiger partial charge in [-0.25, -0.2) is 0 Å². The molecule has 0 aliphatic rings. The van der Waals surface area contributed by atoms with E-state index in [4.69, 9.17) is 4.74 Å². The summed E-state index contributed by atoms with van der Waals surface area (Å²) in [6.07, 6.45) is -2.94. The number of H-pyrrole nitrogens is 1. The van der Waals surface area contributed by atoms with Crippen LogP contribution in [0.2, 0.25) is 0 Å². The molecule has 0 aliphatic heterocycles. The van der Waals surface area contributed by atoms with Gasteiger partial charge in [0.1, 0.15) is 5.75 Å². The number of benzene rings is 1. The molecule has 1 aromatic carbocycles. The summed E-state index contributed by atoms with van der Waals surface area (Å²) in [6.45, 7) is 0. The molecule has 0 spiro atoms. The summed E-state index contributed by atoms with van der Waals surface area (Å²) < 4.78 is 43.7. The molecular weight excluding hydrogens is 287 g/mol. The summed E-state index contributed by atoms with van der Waals surface area (Å²) in [5.74, 6) is 0.166. The maximum atomic E-state index is 12.8. The van der Waals surface area contributed by atoms with Crippen molar-refractivity contribution in [2.24, 2.45) is 0 Å². The quantitative estimate of drug-likeness (QED) is 0.846. The molecule has 2 aromatic rings. The second-order valence-corrected chi connectivity index (χ2v) is 4.00. The van der Waals surface area contributed by atoms with Gasteiger partial charge in [-0.05, 0) is 28.1 Å². The lowest BCUT2D eigenvalue weighted by molar-refractivity contribution is -0.136. The SMILES string of the molecule is COc1cc(C(F)(F)F)c2[nH]ccc2c1Br. The van der Waals surface area contributed by atoms with E-state index < -0.39 is 11.7 Å². The Morgan fingerprint density at radius 2 is 2.06 bits per heavy atom. The van der Waals surface area contributed by atoms with Gasteiger partial charge in [0.25, 0.3) is 0 Å². The molecule has 0 bridgehead atoms. The number of hydrogen-bond acceptors (Lipinski definition) is 1. The number of aromatic amines is 1. The fraction of sp³-hybridized carbons (Fsp3) is 0.200. The van der Waals surface area contributed by atoms with Gasteiger partial charge in [-0.3, -0.25) is 0 Å². The van der Waals surface area contributed by atoms with Gasteiger partial charge in [0, 0.05) is 11.6 Å². The van der Waals surface area contributed by atoms with E-state index in [2.05, 4.69) is 20.9 Å². The molecule has 86 valence electrons. The molecule has 0 saturated heterocycles. The van der Waals surface area contributed by atoms with Gasteiger partial charge in [-0.2, -0.15) is 13.2 Å². The van der Waals surface area contributed by atoms with E-state index in [1.807, 2.05) is 0 Å². The van der Waals surface area contributed by atoms with Crippen molar-refractivity contribution in [3.63, 3.8) is 0 Å². The highest BCUT2D eigenvalue weighted by Crippen LogP contribution is 2.41. The molecule has 2 nitrogen and oxygen atoms in total. The Bertz CT molecular complexity index is 533. The van der Waals surface area contributed by atoms with Crippen molar-refractivity contribution < 1.29 is 17.9 Å². The van der Waals surface area contributed by atoms with E-state index in [9.17, 15) is 13.2 Å². The summed E-state index contributed by atoms with van der Waals surface area (Å²) in [4.78, 5) is 2.58. The van der Waals surface area contributed by atoms with Gasteiger partial charge in [-0.15, -0.1) is 0 Å². The molecule has 0 saturated carbocycles. The number of rotatable bonds is 1. The highest BCUT2D eigenvalue weighted by molar-refractivity contribution is 9.10. The lowest BCUT2D eigenvalue weighted by atomic mass is 10.1. The number of ether oxygens (including phenoxy) is 1. The van der Waals surface area contributed by atoms with Gasteiger partial charge in [0.05, 0.1) is 22.7 Å².